The fourth-order valence-electron chi connectivity index (χ4n) is 4.24. The Kier molecular flexibility index (Phi) is 6.75. The molecule has 0 fully saturated rings. The molecule has 1 aliphatic rings. The molecule has 3 aromatic rings. The van der Waals surface area contributed by atoms with Crippen molar-refractivity contribution >= 4 is 33.2 Å². The van der Waals surface area contributed by atoms with Crippen LogP contribution in [0.15, 0.2) is 89.3 Å². The van der Waals surface area contributed by atoms with Crippen LogP contribution in [0.5, 0.6) is 0 Å². The second-order valence-electron chi connectivity index (χ2n) is 7.80. The van der Waals surface area contributed by atoms with Crippen molar-refractivity contribution in [2.45, 2.75) is 30.3 Å². The normalized spacial score (nSPS) is 19.6. The molecule has 3 aromatic carbocycles. The third-order valence-corrected chi connectivity index (χ3v) is 8.29. The molecule has 166 valence electrons. The zero-order valence-electron chi connectivity index (χ0n) is 17.4. The van der Waals surface area contributed by atoms with Gasteiger partial charge in [-0.25, -0.2) is 8.42 Å². The smallest absolute Gasteiger partial charge is 0.244 e. The van der Waals surface area contributed by atoms with Crippen LogP contribution < -0.4 is 0 Å². The second-order valence-corrected chi connectivity index (χ2v) is 10.5. The predicted molar refractivity (Wildman–Crippen MR) is 128 cm³/mol. The Morgan fingerprint density at radius 1 is 0.938 bits per heavy atom. The number of aliphatic hydroxyl groups excluding tert-OH is 1. The van der Waals surface area contributed by atoms with E-state index >= 15 is 0 Å². The molecule has 32 heavy (non-hydrogen) atoms. The van der Waals surface area contributed by atoms with Crippen LogP contribution in [-0.4, -0.2) is 24.4 Å². The summed E-state index contributed by atoms with van der Waals surface area (Å²) >= 11 is 12.4. The Bertz CT molecular complexity index is 1260. The standard InChI is InChI=1S/C25H23Cl2NO3S/c1-17-5-2-3-8-24(17)32(30,31)28-23(18-9-12-21(26)13-10-18)14-11-20(16-29)25(28)19-6-4-7-22(27)15-19/h2-13,15,23,25,29H,14,16H2,1H3/t23?,25-/m0/s1. The molecule has 2 atom stereocenters. The van der Waals surface area contributed by atoms with Gasteiger partial charge in [0.15, 0.2) is 0 Å². The van der Waals surface area contributed by atoms with E-state index in [1.54, 1.807) is 55.5 Å². The van der Waals surface area contributed by atoms with Gasteiger partial charge < -0.3 is 5.11 Å². The van der Waals surface area contributed by atoms with E-state index in [9.17, 15) is 13.5 Å². The summed E-state index contributed by atoms with van der Waals surface area (Å²) < 4.78 is 29.8. The monoisotopic (exact) mass is 487 g/mol. The van der Waals surface area contributed by atoms with E-state index in [0.29, 0.717) is 33.2 Å². The quantitative estimate of drug-likeness (QED) is 0.442. The molecule has 0 saturated carbocycles. The van der Waals surface area contributed by atoms with E-state index < -0.39 is 22.1 Å². The average molecular weight is 488 g/mol. The SMILES string of the molecule is Cc1ccccc1S(=O)(=O)N1C(c2ccc(Cl)cc2)CC=C(CO)[C@@H]1c1cccc(Cl)c1. The molecule has 1 N–H and O–H groups in total. The van der Waals surface area contributed by atoms with E-state index in [0.717, 1.165) is 5.56 Å². The van der Waals surface area contributed by atoms with Gasteiger partial charge in [-0.1, -0.05) is 71.7 Å². The van der Waals surface area contributed by atoms with Gasteiger partial charge in [0.2, 0.25) is 10.0 Å². The van der Waals surface area contributed by atoms with Crippen molar-refractivity contribution in [2.24, 2.45) is 0 Å². The third kappa shape index (κ3) is 4.36. The van der Waals surface area contributed by atoms with Crippen LogP contribution in [0.2, 0.25) is 10.0 Å². The maximum absolute atomic E-state index is 14.1. The zero-order valence-corrected chi connectivity index (χ0v) is 19.8. The summed E-state index contributed by atoms with van der Waals surface area (Å²) in [5, 5.41) is 11.2. The van der Waals surface area contributed by atoms with Gasteiger partial charge in [-0.05, 0) is 65.9 Å². The molecule has 7 heteroatoms. The number of hydrogen-bond acceptors (Lipinski definition) is 3. The van der Waals surface area contributed by atoms with Crippen LogP contribution in [-0.2, 0) is 10.0 Å². The number of rotatable bonds is 5. The number of aliphatic hydroxyl groups is 1. The number of nitrogens with zero attached hydrogens (tertiary/aromatic N) is 1. The summed E-state index contributed by atoms with van der Waals surface area (Å²) in [6.07, 6.45) is 2.36. The molecule has 0 aromatic heterocycles. The molecule has 0 spiro atoms. The van der Waals surface area contributed by atoms with Gasteiger partial charge in [-0.3, -0.25) is 0 Å². The first kappa shape index (κ1) is 23.0. The number of halogens is 2. The van der Waals surface area contributed by atoms with Crippen molar-refractivity contribution in [1.29, 1.82) is 0 Å². The van der Waals surface area contributed by atoms with Crippen LogP contribution >= 0.6 is 23.2 Å². The minimum atomic E-state index is -3.95. The van der Waals surface area contributed by atoms with E-state index in [4.69, 9.17) is 23.2 Å². The Morgan fingerprint density at radius 2 is 1.66 bits per heavy atom. The number of hydrogen-bond donors (Lipinski definition) is 1. The van der Waals surface area contributed by atoms with Crippen LogP contribution in [0, 0.1) is 6.92 Å². The van der Waals surface area contributed by atoms with Crippen LogP contribution in [0.1, 0.15) is 35.2 Å². The Balaban J connectivity index is 1.96. The molecule has 4 rings (SSSR count). The van der Waals surface area contributed by atoms with E-state index in [1.807, 2.05) is 30.3 Å². The molecule has 1 heterocycles. The fraction of sp³-hybridized carbons (Fsp3) is 0.200. The minimum Gasteiger partial charge on any atom is -0.392 e. The van der Waals surface area contributed by atoms with Crippen LogP contribution in [0.4, 0.5) is 0 Å². The van der Waals surface area contributed by atoms with Crippen molar-refractivity contribution in [3.63, 3.8) is 0 Å². The minimum absolute atomic E-state index is 0.241. The first-order valence-corrected chi connectivity index (χ1v) is 12.4. The van der Waals surface area contributed by atoms with Crippen molar-refractivity contribution in [2.75, 3.05) is 6.61 Å². The summed E-state index contributed by atoms with van der Waals surface area (Å²) in [6, 6.07) is 20.1. The highest BCUT2D eigenvalue weighted by Crippen LogP contribution is 2.46. The second kappa shape index (κ2) is 9.38. The summed E-state index contributed by atoms with van der Waals surface area (Å²) in [7, 11) is -3.95. The van der Waals surface area contributed by atoms with Crippen molar-refractivity contribution in [3.8, 4) is 0 Å². The predicted octanol–water partition coefficient (Wildman–Crippen LogP) is 6.10. The van der Waals surface area contributed by atoms with Crippen molar-refractivity contribution in [1.82, 2.24) is 4.31 Å². The summed E-state index contributed by atoms with van der Waals surface area (Å²) in [5.41, 5.74) is 2.81. The highest BCUT2D eigenvalue weighted by atomic mass is 35.5. The topological polar surface area (TPSA) is 57.6 Å². The van der Waals surface area contributed by atoms with E-state index in [-0.39, 0.29) is 11.5 Å². The van der Waals surface area contributed by atoms with Crippen molar-refractivity contribution < 1.29 is 13.5 Å². The molecule has 0 amide bonds. The molecule has 0 radical (unpaired) electrons. The van der Waals surface area contributed by atoms with Crippen LogP contribution in [0.3, 0.4) is 0 Å². The Labute approximate surface area is 198 Å². The number of aryl methyl sites for hydroxylation is 1. The molecule has 0 aliphatic carbocycles. The number of benzene rings is 3. The Hall–Kier alpha value is -2.15. The summed E-state index contributed by atoms with van der Waals surface area (Å²) in [5.74, 6) is 0. The van der Waals surface area contributed by atoms with Gasteiger partial charge in [-0.15, -0.1) is 0 Å². The molecular weight excluding hydrogens is 465 g/mol. The first-order valence-electron chi connectivity index (χ1n) is 10.2. The maximum Gasteiger partial charge on any atom is 0.244 e. The van der Waals surface area contributed by atoms with Crippen LogP contribution in [0.25, 0.3) is 0 Å². The zero-order chi connectivity index (χ0) is 22.9. The molecule has 0 saturated heterocycles. The summed E-state index contributed by atoms with van der Waals surface area (Å²) in [4.78, 5) is 0.241. The van der Waals surface area contributed by atoms with Gasteiger partial charge in [0, 0.05) is 10.0 Å². The molecule has 0 bridgehead atoms. The molecule has 1 unspecified atom stereocenters. The lowest BCUT2D eigenvalue weighted by atomic mass is 9.90. The van der Waals surface area contributed by atoms with Gasteiger partial charge >= 0.3 is 0 Å². The van der Waals surface area contributed by atoms with Gasteiger partial charge in [0.1, 0.15) is 0 Å². The fourth-order valence-corrected chi connectivity index (χ4v) is 6.60. The summed E-state index contributed by atoms with van der Waals surface area (Å²) in [6.45, 7) is 1.52. The maximum atomic E-state index is 14.1. The number of sulfonamides is 1. The highest BCUT2D eigenvalue weighted by molar-refractivity contribution is 7.89. The lowest BCUT2D eigenvalue weighted by Gasteiger charge is -2.41. The average Bonchev–Trinajstić information content (AvgIpc) is 2.79. The lowest BCUT2D eigenvalue weighted by Crippen LogP contribution is -2.42. The highest BCUT2D eigenvalue weighted by Gasteiger charge is 2.42. The van der Waals surface area contributed by atoms with E-state index in [2.05, 4.69) is 0 Å². The molecular formula is C25H23Cl2NO3S. The van der Waals surface area contributed by atoms with Gasteiger partial charge in [-0.2, -0.15) is 4.31 Å². The van der Waals surface area contributed by atoms with Gasteiger partial charge in [0.25, 0.3) is 0 Å². The largest absolute Gasteiger partial charge is 0.392 e. The molecule has 4 nitrogen and oxygen atoms in total. The third-order valence-electron chi connectivity index (χ3n) is 5.77. The van der Waals surface area contributed by atoms with Gasteiger partial charge in [0.05, 0.1) is 23.6 Å². The van der Waals surface area contributed by atoms with E-state index in [1.165, 1.54) is 4.31 Å². The first-order chi connectivity index (χ1) is 15.3. The Morgan fingerprint density at radius 3 is 2.31 bits per heavy atom. The van der Waals surface area contributed by atoms with Crippen molar-refractivity contribution in [3.05, 3.63) is 111 Å². The lowest BCUT2D eigenvalue weighted by molar-refractivity contribution is 0.230. The molecule has 1 aliphatic heterocycles.